The maximum Gasteiger partial charge on any atom is 0.273 e. The number of benzene rings is 1. The van der Waals surface area contributed by atoms with E-state index in [2.05, 4.69) is 21.2 Å². The van der Waals surface area contributed by atoms with Gasteiger partial charge < -0.3 is 19.9 Å². The van der Waals surface area contributed by atoms with Crippen molar-refractivity contribution in [2.24, 2.45) is 0 Å². The number of anilines is 2. The van der Waals surface area contributed by atoms with Gasteiger partial charge in [-0.1, -0.05) is 0 Å². The molecule has 114 valence electrons. The fraction of sp³-hybridized carbons (Fsp3) is 0.571. The lowest BCUT2D eigenvalue weighted by Crippen LogP contribution is -2.43. The standard InChI is InChI=1S/C14H20N4O3/c19-18(20)14-10-12(16-3-1-15-2-4-16)9-13(11-14)17-5-7-21-8-6-17/h9-11,15H,1-8H2. The van der Waals surface area contributed by atoms with Crippen LogP contribution in [0.15, 0.2) is 18.2 Å². The van der Waals surface area contributed by atoms with Gasteiger partial charge in [-0.05, 0) is 6.07 Å². The first-order valence-electron chi connectivity index (χ1n) is 7.32. The van der Waals surface area contributed by atoms with Gasteiger partial charge >= 0.3 is 0 Å². The molecule has 2 heterocycles. The highest BCUT2D eigenvalue weighted by atomic mass is 16.6. The maximum atomic E-state index is 11.2. The van der Waals surface area contributed by atoms with E-state index in [9.17, 15) is 10.1 Å². The average Bonchev–Trinajstić information content (AvgIpc) is 2.56. The third-order valence-electron chi connectivity index (χ3n) is 3.96. The predicted molar refractivity (Wildman–Crippen MR) is 81.2 cm³/mol. The summed E-state index contributed by atoms with van der Waals surface area (Å²) in [6.07, 6.45) is 0. The highest BCUT2D eigenvalue weighted by Crippen LogP contribution is 2.30. The van der Waals surface area contributed by atoms with Crippen LogP contribution in [0.25, 0.3) is 0 Å². The Kier molecular flexibility index (Phi) is 4.21. The molecule has 0 spiro atoms. The number of hydrogen-bond donors (Lipinski definition) is 1. The molecule has 2 aliphatic rings. The summed E-state index contributed by atoms with van der Waals surface area (Å²) in [7, 11) is 0. The zero-order valence-corrected chi connectivity index (χ0v) is 12.0. The number of piperazine rings is 1. The Morgan fingerprint density at radius 2 is 1.57 bits per heavy atom. The van der Waals surface area contributed by atoms with Gasteiger partial charge in [-0.2, -0.15) is 0 Å². The summed E-state index contributed by atoms with van der Waals surface area (Å²) in [5.74, 6) is 0. The average molecular weight is 292 g/mol. The minimum Gasteiger partial charge on any atom is -0.378 e. The molecule has 0 aliphatic carbocycles. The molecule has 0 amide bonds. The normalized spacial score (nSPS) is 19.6. The van der Waals surface area contributed by atoms with Crippen LogP contribution in [0.5, 0.6) is 0 Å². The number of nitrogens with one attached hydrogen (secondary N) is 1. The van der Waals surface area contributed by atoms with Crippen LogP contribution in [-0.4, -0.2) is 57.4 Å². The van der Waals surface area contributed by atoms with Gasteiger partial charge in [0.25, 0.3) is 5.69 Å². The molecule has 3 rings (SSSR count). The molecule has 2 fully saturated rings. The minimum atomic E-state index is -0.310. The van der Waals surface area contributed by atoms with Crippen LogP contribution in [0.3, 0.4) is 0 Å². The monoisotopic (exact) mass is 292 g/mol. The van der Waals surface area contributed by atoms with Crippen LogP contribution >= 0.6 is 0 Å². The molecule has 0 unspecified atom stereocenters. The summed E-state index contributed by atoms with van der Waals surface area (Å²) in [6.45, 7) is 6.49. The number of nitro benzene ring substituents is 1. The van der Waals surface area contributed by atoms with Crippen LogP contribution in [0, 0.1) is 10.1 Å². The lowest BCUT2D eigenvalue weighted by atomic mass is 10.2. The predicted octanol–water partition coefficient (Wildman–Crippen LogP) is 0.841. The molecule has 1 aromatic carbocycles. The molecule has 21 heavy (non-hydrogen) atoms. The third-order valence-corrected chi connectivity index (χ3v) is 3.96. The van der Waals surface area contributed by atoms with Crippen molar-refractivity contribution in [1.29, 1.82) is 0 Å². The van der Waals surface area contributed by atoms with Crippen LogP contribution < -0.4 is 15.1 Å². The summed E-state index contributed by atoms with van der Waals surface area (Å²) in [5.41, 5.74) is 2.01. The number of non-ortho nitro benzene ring substituents is 1. The van der Waals surface area contributed by atoms with Crippen molar-refractivity contribution >= 4 is 17.1 Å². The van der Waals surface area contributed by atoms with Gasteiger partial charge in [0.15, 0.2) is 0 Å². The van der Waals surface area contributed by atoms with E-state index in [-0.39, 0.29) is 10.6 Å². The summed E-state index contributed by atoms with van der Waals surface area (Å²) in [4.78, 5) is 15.2. The number of hydrogen-bond acceptors (Lipinski definition) is 6. The Labute approximate surface area is 123 Å². The summed E-state index contributed by atoms with van der Waals surface area (Å²) >= 11 is 0. The molecule has 2 saturated heterocycles. The molecule has 2 aliphatic heterocycles. The smallest absolute Gasteiger partial charge is 0.273 e. The first kappa shape index (κ1) is 14.1. The molecule has 0 atom stereocenters. The van der Waals surface area contributed by atoms with Crippen molar-refractivity contribution in [3.05, 3.63) is 28.3 Å². The maximum absolute atomic E-state index is 11.2. The SMILES string of the molecule is O=[N+]([O-])c1cc(N2CCNCC2)cc(N2CCOCC2)c1. The molecule has 1 aromatic rings. The van der Waals surface area contributed by atoms with Crippen molar-refractivity contribution in [1.82, 2.24) is 5.32 Å². The van der Waals surface area contributed by atoms with E-state index in [1.165, 1.54) is 0 Å². The van der Waals surface area contributed by atoms with E-state index in [1.807, 2.05) is 0 Å². The zero-order valence-electron chi connectivity index (χ0n) is 12.0. The molecule has 0 radical (unpaired) electrons. The van der Waals surface area contributed by atoms with Gasteiger partial charge in [0.05, 0.1) is 18.1 Å². The molecule has 1 N–H and O–H groups in total. The van der Waals surface area contributed by atoms with Gasteiger partial charge in [-0.15, -0.1) is 0 Å². The second-order valence-electron chi connectivity index (χ2n) is 5.30. The van der Waals surface area contributed by atoms with Crippen LogP contribution in [0.1, 0.15) is 0 Å². The topological polar surface area (TPSA) is 70.9 Å². The lowest BCUT2D eigenvalue weighted by molar-refractivity contribution is -0.384. The third kappa shape index (κ3) is 3.25. The molecule has 0 aromatic heterocycles. The molecular formula is C14H20N4O3. The van der Waals surface area contributed by atoms with Crippen molar-refractivity contribution in [2.75, 3.05) is 62.3 Å². The first-order chi connectivity index (χ1) is 10.2. The van der Waals surface area contributed by atoms with Crippen LogP contribution in [0.2, 0.25) is 0 Å². The van der Waals surface area contributed by atoms with Crippen molar-refractivity contribution < 1.29 is 9.66 Å². The number of rotatable bonds is 3. The summed E-state index contributed by atoms with van der Waals surface area (Å²) < 4.78 is 5.35. The molecule has 7 heteroatoms. The highest BCUT2D eigenvalue weighted by molar-refractivity contribution is 5.65. The number of morpholine rings is 1. The lowest BCUT2D eigenvalue weighted by Gasteiger charge is -2.32. The van der Waals surface area contributed by atoms with E-state index in [0.29, 0.717) is 13.2 Å². The summed E-state index contributed by atoms with van der Waals surface area (Å²) in [6, 6.07) is 5.40. The second-order valence-corrected chi connectivity index (χ2v) is 5.30. The van der Waals surface area contributed by atoms with E-state index < -0.39 is 0 Å². The Morgan fingerprint density at radius 3 is 2.14 bits per heavy atom. The van der Waals surface area contributed by atoms with Crippen molar-refractivity contribution in [3.63, 3.8) is 0 Å². The Balaban J connectivity index is 1.91. The minimum absolute atomic E-state index is 0.160. The van der Waals surface area contributed by atoms with Crippen molar-refractivity contribution in [3.8, 4) is 0 Å². The molecular weight excluding hydrogens is 272 g/mol. The summed E-state index contributed by atoms with van der Waals surface area (Å²) in [5, 5.41) is 14.5. The molecule has 7 nitrogen and oxygen atoms in total. The number of nitrogens with zero attached hydrogens (tertiary/aromatic N) is 3. The number of ether oxygens (including phenoxy) is 1. The fourth-order valence-corrected chi connectivity index (χ4v) is 2.79. The molecule has 0 bridgehead atoms. The van der Waals surface area contributed by atoms with Crippen LogP contribution in [-0.2, 0) is 4.74 Å². The number of nitro groups is 1. The van der Waals surface area contributed by atoms with E-state index in [4.69, 9.17) is 4.74 Å². The first-order valence-corrected chi connectivity index (χ1v) is 7.32. The van der Waals surface area contributed by atoms with Crippen molar-refractivity contribution in [2.45, 2.75) is 0 Å². The van der Waals surface area contributed by atoms with Gasteiger partial charge in [0.1, 0.15) is 0 Å². The van der Waals surface area contributed by atoms with Gasteiger partial charge in [-0.3, -0.25) is 10.1 Å². The Morgan fingerprint density at radius 1 is 1.00 bits per heavy atom. The molecule has 0 saturated carbocycles. The highest BCUT2D eigenvalue weighted by Gasteiger charge is 2.19. The Hall–Kier alpha value is -1.86. The zero-order chi connectivity index (χ0) is 14.7. The Bertz CT molecular complexity index is 475. The van der Waals surface area contributed by atoms with Gasteiger partial charge in [0, 0.05) is 62.8 Å². The second kappa shape index (κ2) is 6.28. The fourth-order valence-electron chi connectivity index (χ4n) is 2.79. The van der Waals surface area contributed by atoms with E-state index in [0.717, 1.165) is 50.6 Å². The van der Waals surface area contributed by atoms with Gasteiger partial charge in [0.2, 0.25) is 0 Å². The van der Waals surface area contributed by atoms with E-state index in [1.54, 1.807) is 12.1 Å². The quantitative estimate of drug-likeness (QED) is 0.657. The van der Waals surface area contributed by atoms with Crippen LogP contribution in [0.4, 0.5) is 17.1 Å². The van der Waals surface area contributed by atoms with Gasteiger partial charge in [-0.25, -0.2) is 0 Å². The largest absolute Gasteiger partial charge is 0.378 e. The van der Waals surface area contributed by atoms with E-state index >= 15 is 0 Å².